The molecule has 4 nitrogen and oxygen atoms in total. The van der Waals surface area contributed by atoms with E-state index in [2.05, 4.69) is 17.1 Å². The van der Waals surface area contributed by atoms with Crippen molar-refractivity contribution in [3.8, 4) is 0 Å². The Kier molecular flexibility index (Phi) is 4.39. The van der Waals surface area contributed by atoms with Crippen molar-refractivity contribution < 1.29 is 4.79 Å². The van der Waals surface area contributed by atoms with Crippen LogP contribution in [-0.4, -0.2) is 54.4 Å². The van der Waals surface area contributed by atoms with E-state index >= 15 is 0 Å². The number of fused-ring (bicyclic) bond motifs is 1. The zero-order valence-electron chi connectivity index (χ0n) is 13.3. The number of carbonyl (C=O) groups is 1. The van der Waals surface area contributed by atoms with Gasteiger partial charge in [0.1, 0.15) is 0 Å². The fourth-order valence-electron chi connectivity index (χ4n) is 3.16. The fourth-order valence-corrected chi connectivity index (χ4v) is 3.16. The van der Waals surface area contributed by atoms with Crippen molar-refractivity contribution in [2.45, 2.75) is 12.8 Å². The third-order valence-electron chi connectivity index (χ3n) is 4.26. The number of pyridine rings is 1. The van der Waals surface area contributed by atoms with E-state index in [-0.39, 0.29) is 5.91 Å². The van der Waals surface area contributed by atoms with Gasteiger partial charge < -0.3 is 9.80 Å². The maximum Gasteiger partial charge on any atom is 0.236 e. The zero-order chi connectivity index (χ0) is 15.5. The molecule has 1 saturated heterocycles. The Morgan fingerprint density at radius 3 is 3.00 bits per heavy atom. The summed E-state index contributed by atoms with van der Waals surface area (Å²) in [5.74, 6) is 0.790. The molecule has 1 atom stereocenters. The average Bonchev–Trinajstić information content (AvgIpc) is 2.95. The Morgan fingerprint density at radius 1 is 1.36 bits per heavy atom. The van der Waals surface area contributed by atoms with Crippen LogP contribution in [0.3, 0.4) is 0 Å². The van der Waals surface area contributed by atoms with Crippen LogP contribution < -0.4 is 0 Å². The number of likely N-dealkylation sites (N-methyl/N-ethyl adjacent to an activating group) is 1. The third kappa shape index (κ3) is 3.45. The Labute approximate surface area is 131 Å². The molecule has 2 aromatic rings. The molecule has 22 heavy (non-hydrogen) atoms. The molecule has 1 amide bonds. The number of amides is 1. The second-order valence-corrected chi connectivity index (χ2v) is 6.47. The minimum atomic E-state index is 0.240. The number of aromatic nitrogens is 1. The highest BCUT2D eigenvalue weighted by Crippen LogP contribution is 2.22. The highest BCUT2D eigenvalue weighted by atomic mass is 16.2. The summed E-state index contributed by atoms with van der Waals surface area (Å²) in [5.41, 5.74) is 2.31. The number of carbonyl (C=O) groups excluding carboxylic acids is 1. The molecule has 4 heteroatoms. The molecule has 0 aliphatic carbocycles. The van der Waals surface area contributed by atoms with E-state index in [1.54, 1.807) is 0 Å². The summed E-state index contributed by atoms with van der Waals surface area (Å²) in [6.07, 6.45) is 4.07. The van der Waals surface area contributed by atoms with Gasteiger partial charge in [0.15, 0.2) is 0 Å². The summed E-state index contributed by atoms with van der Waals surface area (Å²) < 4.78 is 0. The van der Waals surface area contributed by atoms with Crippen LogP contribution in [-0.2, 0) is 11.2 Å². The predicted octanol–water partition coefficient (Wildman–Crippen LogP) is 2.19. The van der Waals surface area contributed by atoms with Gasteiger partial charge in [0.2, 0.25) is 5.91 Å². The SMILES string of the molecule is CN(C)CC(=O)N1CCC(Cc2cnc3ccccc3c2)C1. The Morgan fingerprint density at radius 2 is 2.18 bits per heavy atom. The molecule has 0 spiro atoms. The molecule has 0 N–H and O–H groups in total. The van der Waals surface area contributed by atoms with Gasteiger partial charge in [0.05, 0.1) is 12.1 Å². The van der Waals surface area contributed by atoms with Crippen LogP contribution in [0.5, 0.6) is 0 Å². The Hall–Kier alpha value is -1.94. The van der Waals surface area contributed by atoms with Crippen molar-refractivity contribution in [1.82, 2.24) is 14.8 Å². The number of benzene rings is 1. The van der Waals surface area contributed by atoms with E-state index < -0.39 is 0 Å². The standard InChI is InChI=1S/C18H23N3O/c1-20(2)13-18(22)21-8-7-14(12-21)9-15-10-16-5-3-4-6-17(16)19-11-15/h3-6,10-11,14H,7-9,12-13H2,1-2H3. The van der Waals surface area contributed by atoms with Gasteiger partial charge in [-0.1, -0.05) is 18.2 Å². The van der Waals surface area contributed by atoms with Gasteiger partial charge in [-0.25, -0.2) is 0 Å². The van der Waals surface area contributed by atoms with Crippen molar-refractivity contribution in [2.75, 3.05) is 33.7 Å². The van der Waals surface area contributed by atoms with Gasteiger partial charge in [0, 0.05) is 24.7 Å². The first kappa shape index (κ1) is 15.0. The molecular formula is C18H23N3O. The summed E-state index contributed by atoms with van der Waals surface area (Å²) in [7, 11) is 3.87. The van der Waals surface area contributed by atoms with Crippen molar-refractivity contribution in [3.63, 3.8) is 0 Å². The molecule has 1 aromatic heterocycles. The van der Waals surface area contributed by atoms with E-state index in [9.17, 15) is 4.79 Å². The summed E-state index contributed by atoms with van der Waals surface area (Å²) in [4.78, 5) is 20.6. The second-order valence-electron chi connectivity index (χ2n) is 6.47. The smallest absolute Gasteiger partial charge is 0.236 e. The van der Waals surface area contributed by atoms with Gasteiger partial charge in [-0.2, -0.15) is 0 Å². The normalized spacial score (nSPS) is 18.3. The summed E-state index contributed by atoms with van der Waals surface area (Å²) in [6.45, 7) is 2.27. The van der Waals surface area contributed by atoms with E-state index in [0.29, 0.717) is 12.5 Å². The Balaban J connectivity index is 1.62. The lowest BCUT2D eigenvalue weighted by Gasteiger charge is -2.19. The molecule has 0 bridgehead atoms. The highest BCUT2D eigenvalue weighted by molar-refractivity contribution is 5.79. The molecule has 116 valence electrons. The van der Waals surface area contributed by atoms with Gasteiger partial charge in [-0.3, -0.25) is 9.78 Å². The Bertz CT molecular complexity index is 668. The average molecular weight is 297 g/mol. The van der Waals surface area contributed by atoms with Crippen molar-refractivity contribution in [3.05, 3.63) is 42.1 Å². The largest absolute Gasteiger partial charge is 0.341 e. The van der Waals surface area contributed by atoms with Crippen molar-refractivity contribution in [1.29, 1.82) is 0 Å². The molecule has 1 aliphatic rings. The number of rotatable bonds is 4. The number of nitrogens with zero attached hydrogens (tertiary/aromatic N) is 3. The van der Waals surface area contributed by atoms with Gasteiger partial charge >= 0.3 is 0 Å². The molecule has 1 aromatic carbocycles. The van der Waals surface area contributed by atoms with Gasteiger partial charge in [-0.15, -0.1) is 0 Å². The van der Waals surface area contributed by atoms with Crippen LogP contribution in [0.15, 0.2) is 36.5 Å². The maximum absolute atomic E-state index is 12.1. The molecule has 2 heterocycles. The monoisotopic (exact) mass is 297 g/mol. The first-order valence-electron chi connectivity index (χ1n) is 7.88. The molecule has 1 fully saturated rings. The van der Waals surface area contributed by atoms with Crippen LogP contribution in [0.2, 0.25) is 0 Å². The first-order chi connectivity index (χ1) is 10.6. The molecule has 1 aliphatic heterocycles. The van der Waals surface area contributed by atoms with Crippen LogP contribution in [0.25, 0.3) is 10.9 Å². The molecule has 1 unspecified atom stereocenters. The first-order valence-corrected chi connectivity index (χ1v) is 7.88. The lowest BCUT2D eigenvalue weighted by Crippen LogP contribution is -2.36. The fraction of sp³-hybridized carbons (Fsp3) is 0.444. The molecular weight excluding hydrogens is 274 g/mol. The molecule has 3 rings (SSSR count). The van der Waals surface area contributed by atoms with E-state index in [0.717, 1.165) is 31.4 Å². The van der Waals surface area contributed by atoms with E-state index in [1.165, 1.54) is 10.9 Å². The zero-order valence-corrected chi connectivity index (χ0v) is 13.3. The summed E-state index contributed by atoms with van der Waals surface area (Å²) >= 11 is 0. The number of hydrogen-bond acceptors (Lipinski definition) is 3. The topological polar surface area (TPSA) is 36.4 Å². The number of hydrogen-bond donors (Lipinski definition) is 0. The number of para-hydroxylation sites is 1. The van der Waals surface area contributed by atoms with E-state index in [4.69, 9.17) is 0 Å². The lowest BCUT2D eigenvalue weighted by atomic mass is 9.99. The summed E-state index contributed by atoms with van der Waals surface area (Å²) in [5, 5.41) is 1.19. The van der Waals surface area contributed by atoms with Crippen molar-refractivity contribution >= 4 is 16.8 Å². The lowest BCUT2D eigenvalue weighted by molar-refractivity contribution is -0.130. The second kappa shape index (κ2) is 6.44. The van der Waals surface area contributed by atoms with Crippen LogP contribution >= 0.6 is 0 Å². The van der Waals surface area contributed by atoms with Crippen LogP contribution in [0, 0.1) is 5.92 Å². The van der Waals surface area contributed by atoms with Crippen molar-refractivity contribution in [2.24, 2.45) is 5.92 Å². The minimum Gasteiger partial charge on any atom is -0.341 e. The predicted molar refractivity (Wildman–Crippen MR) is 88.7 cm³/mol. The maximum atomic E-state index is 12.1. The molecule has 0 radical (unpaired) electrons. The van der Waals surface area contributed by atoms with Crippen LogP contribution in [0.1, 0.15) is 12.0 Å². The highest BCUT2D eigenvalue weighted by Gasteiger charge is 2.26. The van der Waals surface area contributed by atoms with Gasteiger partial charge in [0.25, 0.3) is 0 Å². The third-order valence-corrected chi connectivity index (χ3v) is 4.26. The minimum absolute atomic E-state index is 0.240. The van der Waals surface area contributed by atoms with Gasteiger partial charge in [-0.05, 0) is 50.6 Å². The quantitative estimate of drug-likeness (QED) is 0.868. The van der Waals surface area contributed by atoms with Crippen LogP contribution in [0.4, 0.5) is 0 Å². The number of likely N-dealkylation sites (tertiary alicyclic amines) is 1. The van der Waals surface area contributed by atoms with E-state index in [1.807, 2.05) is 48.3 Å². The molecule has 0 saturated carbocycles. The summed E-state index contributed by atoms with van der Waals surface area (Å²) in [6, 6.07) is 10.4.